The van der Waals surface area contributed by atoms with E-state index in [-0.39, 0.29) is 12.0 Å². The summed E-state index contributed by atoms with van der Waals surface area (Å²) in [6, 6.07) is 1.81. The van der Waals surface area contributed by atoms with E-state index in [0.717, 1.165) is 12.1 Å². The van der Waals surface area contributed by atoms with Gasteiger partial charge in [0, 0.05) is 7.05 Å². The Morgan fingerprint density at radius 2 is 2.00 bits per heavy atom. The zero-order valence-corrected chi connectivity index (χ0v) is 7.72. The highest BCUT2D eigenvalue weighted by Crippen LogP contribution is 2.38. The van der Waals surface area contributed by atoms with Gasteiger partial charge in [-0.05, 0) is 12.1 Å². The maximum absolute atomic E-state index is 12.4. The fraction of sp³-hybridized carbons (Fsp3) is 0.222. The molecule has 82 valence electrons. The van der Waals surface area contributed by atoms with Crippen LogP contribution in [-0.4, -0.2) is 18.4 Å². The third-order valence-electron chi connectivity index (χ3n) is 1.91. The summed E-state index contributed by atoms with van der Waals surface area (Å²) >= 11 is 0. The molecule has 0 saturated carbocycles. The number of benzene rings is 1. The molecule has 6 heteroatoms. The third kappa shape index (κ3) is 2.03. The Morgan fingerprint density at radius 3 is 2.40 bits per heavy atom. The minimum Gasteiger partial charge on any atom is -0.505 e. The van der Waals surface area contributed by atoms with Crippen LogP contribution < -0.4 is 5.32 Å². The number of carbonyl (C=O) groups excluding carboxylic acids is 1. The molecule has 2 N–H and O–H groups in total. The van der Waals surface area contributed by atoms with Crippen molar-refractivity contribution in [3.8, 4) is 5.75 Å². The van der Waals surface area contributed by atoms with E-state index >= 15 is 0 Å². The maximum Gasteiger partial charge on any atom is 0.417 e. The molecule has 0 radical (unpaired) electrons. The van der Waals surface area contributed by atoms with Crippen LogP contribution in [0.2, 0.25) is 0 Å². The van der Waals surface area contributed by atoms with Crippen molar-refractivity contribution >= 4 is 12.0 Å². The van der Waals surface area contributed by atoms with Gasteiger partial charge in [-0.2, -0.15) is 13.2 Å². The van der Waals surface area contributed by atoms with Gasteiger partial charge in [-0.25, -0.2) is 0 Å². The molecule has 0 saturated heterocycles. The largest absolute Gasteiger partial charge is 0.505 e. The molecule has 0 unspecified atom stereocenters. The second kappa shape index (κ2) is 3.80. The first kappa shape index (κ1) is 11.4. The number of phenolic OH excluding ortho intramolecular Hbond substituents is 1. The summed E-state index contributed by atoms with van der Waals surface area (Å²) < 4.78 is 37.1. The number of hydrogen-bond acceptors (Lipinski definition) is 3. The Morgan fingerprint density at radius 1 is 1.40 bits per heavy atom. The van der Waals surface area contributed by atoms with Crippen LogP contribution in [0, 0.1) is 0 Å². The fourth-order valence-corrected chi connectivity index (χ4v) is 1.18. The van der Waals surface area contributed by atoms with Gasteiger partial charge in [0.05, 0.1) is 16.8 Å². The topological polar surface area (TPSA) is 49.3 Å². The van der Waals surface area contributed by atoms with E-state index in [1.807, 2.05) is 0 Å². The highest BCUT2D eigenvalue weighted by Gasteiger charge is 2.35. The molecule has 0 heterocycles. The Labute approximate surface area is 83.5 Å². The summed E-state index contributed by atoms with van der Waals surface area (Å²) in [5.74, 6) is -0.692. The summed E-state index contributed by atoms with van der Waals surface area (Å²) in [6.07, 6.45) is -4.67. The van der Waals surface area contributed by atoms with Crippen LogP contribution in [0.15, 0.2) is 12.1 Å². The van der Waals surface area contributed by atoms with E-state index in [4.69, 9.17) is 0 Å². The molecule has 0 fully saturated rings. The highest BCUT2D eigenvalue weighted by atomic mass is 19.4. The number of aromatic hydroxyl groups is 1. The molecule has 0 amide bonds. The Balaban J connectivity index is 3.44. The van der Waals surface area contributed by atoms with Crippen LogP contribution in [-0.2, 0) is 6.18 Å². The monoisotopic (exact) mass is 219 g/mol. The summed E-state index contributed by atoms with van der Waals surface area (Å²) in [5.41, 5.74) is -1.83. The second-order valence-corrected chi connectivity index (χ2v) is 2.79. The summed E-state index contributed by atoms with van der Waals surface area (Å²) in [6.45, 7) is 0. The molecule has 0 bridgehead atoms. The van der Waals surface area contributed by atoms with Crippen molar-refractivity contribution in [2.24, 2.45) is 0 Å². The number of anilines is 1. The smallest absolute Gasteiger partial charge is 0.417 e. The molecule has 15 heavy (non-hydrogen) atoms. The van der Waals surface area contributed by atoms with Crippen LogP contribution in [0.1, 0.15) is 15.9 Å². The first-order valence-corrected chi connectivity index (χ1v) is 3.98. The van der Waals surface area contributed by atoms with E-state index in [9.17, 15) is 23.1 Å². The van der Waals surface area contributed by atoms with Gasteiger partial charge in [0.15, 0.2) is 6.29 Å². The quantitative estimate of drug-likeness (QED) is 0.592. The number of phenols is 1. The number of nitrogens with one attached hydrogen (secondary N) is 1. The number of aldehydes is 1. The molecule has 0 aliphatic heterocycles. The average molecular weight is 219 g/mol. The molecule has 1 aromatic carbocycles. The number of carbonyl (C=O) groups is 1. The first-order valence-electron chi connectivity index (χ1n) is 3.98. The van der Waals surface area contributed by atoms with Crippen LogP contribution in [0.5, 0.6) is 5.75 Å². The lowest BCUT2D eigenvalue weighted by Crippen LogP contribution is -2.09. The number of hydrogen-bond donors (Lipinski definition) is 2. The molecule has 1 aromatic rings. The molecule has 1 rings (SSSR count). The number of alkyl halides is 3. The van der Waals surface area contributed by atoms with Crippen molar-refractivity contribution in [1.82, 2.24) is 0 Å². The third-order valence-corrected chi connectivity index (χ3v) is 1.91. The van der Waals surface area contributed by atoms with Crippen molar-refractivity contribution < 1.29 is 23.1 Å². The summed E-state index contributed by atoms with van der Waals surface area (Å²) in [5, 5.41) is 11.8. The predicted octanol–water partition coefficient (Wildman–Crippen LogP) is 2.27. The standard InChI is InChI=1S/C9H8F3NO2/c1-13-7-3-2-6(9(10,11)12)5(4-14)8(7)15/h2-4,13,15H,1H3. The van der Waals surface area contributed by atoms with E-state index in [0.29, 0.717) is 0 Å². The Bertz CT molecular complexity index is 388. The lowest BCUT2D eigenvalue weighted by molar-refractivity contribution is -0.137. The Hall–Kier alpha value is -1.72. The van der Waals surface area contributed by atoms with Gasteiger partial charge in [-0.15, -0.1) is 0 Å². The van der Waals surface area contributed by atoms with Crippen LogP contribution in [0.4, 0.5) is 18.9 Å². The van der Waals surface area contributed by atoms with Crippen molar-refractivity contribution in [1.29, 1.82) is 0 Å². The predicted molar refractivity (Wildman–Crippen MR) is 48.0 cm³/mol. The lowest BCUT2D eigenvalue weighted by atomic mass is 10.1. The van der Waals surface area contributed by atoms with Gasteiger partial charge in [0.25, 0.3) is 0 Å². The normalized spacial score (nSPS) is 11.2. The zero-order chi connectivity index (χ0) is 11.6. The van der Waals surface area contributed by atoms with Crippen LogP contribution in [0.25, 0.3) is 0 Å². The van der Waals surface area contributed by atoms with Crippen molar-refractivity contribution in [3.63, 3.8) is 0 Å². The highest BCUT2D eigenvalue weighted by molar-refractivity contribution is 5.86. The maximum atomic E-state index is 12.4. The molecule has 0 aromatic heterocycles. The molecule has 0 aliphatic carbocycles. The van der Waals surface area contributed by atoms with Gasteiger partial charge >= 0.3 is 6.18 Å². The fourth-order valence-electron chi connectivity index (χ4n) is 1.18. The Kier molecular flexibility index (Phi) is 2.88. The first-order chi connectivity index (χ1) is 6.91. The summed E-state index contributed by atoms with van der Waals surface area (Å²) in [4.78, 5) is 10.5. The molecular weight excluding hydrogens is 211 g/mol. The molecule has 0 atom stereocenters. The van der Waals surface area contributed by atoms with Gasteiger partial charge in [0.1, 0.15) is 5.75 Å². The van der Waals surface area contributed by atoms with E-state index < -0.39 is 23.1 Å². The van der Waals surface area contributed by atoms with E-state index in [1.54, 1.807) is 0 Å². The number of halogens is 3. The minimum absolute atomic E-state index is 0.0149. The number of rotatable bonds is 2. The van der Waals surface area contributed by atoms with E-state index in [1.165, 1.54) is 7.05 Å². The molecule has 3 nitrogen and oxygen atoms in total. The lowest BCUT2D eigenvalue weighted by Gasteiger charge is -2.12. The van der Waals surface area contributed by atoms with Crippen molar-refractivity contribution in [3.05, 3.63) is 23.3 Å². The molecular formula is C9H8F3NO2. The molecule has 0 aliphatic rings. The zero-order valence-electron chi connectivity index (χ0n) is 7.72. The van der Waals surface area contributed by atoms with E-state index in [2.05, 4.69) is 5.32 Å². The minimum atomic E-state index is -4.65. The van der Waals surface area contributed by atoms with Crippen LogP contribution in [0.3, 0.4) is 0 Å². The van der Waals surface area contributed by atoms with Gasteiger partial charge < -0.3 is 10.4 Å². The van der Waals surface area contributed by atoms with Gasteiger partial charge in [-0.1, -0.05) is 0 Å². The van der Waals surface area contributed by atoms with Crippen molar-refractivity contribution in [2.75, 3.05) is 12.4 Å². The SMILES string of the molecule is CNc1ccc(C(F)(F)F)c(C=O)c1O. The van der Waals surface area contributed by atoms with Crippen molar-refractivity contribution in [2.45, 2.75) is 6.18 Å². The summed E-state index contributed by atoms with van der Waals surface area (Å²) in [7, 11) is 1.43. The van der Waals surface area contributed by atoms with Gasteiger partial charge in [-0.3, -0.25) is 4.79 Å². The van der Waals surface area contributed by atoms with Crippen LogP contribution >= 0.6 is 0 Å². The second-order valence-electron chi connectivity index (χ2n) is 2.79. The molecule has 0 spiro atoms. The average Bonchev–Trinajstić information content (AvgIpc) is 2.15. The van der Waals surface area contributed by atoms with Gasteiger partial charge in [0.2, 0.25) is 0 Å².